The predicted molar refractivity (Wildman–Crippen MR) is 87.4 cm³/mol. The number of aromatic nitrogens is 4. The Kier molecular flexibility index (Phi) is 3.37. The summed E-state index contributed by atoms with van der Waals surface area (Å²) in [4.78, 5) is 16.9. The molecule has 1 aromatic carbocycles. The second kappa shape index (κ2) is 5.53. The van der Waals surface area contributed by atoms with Crippen LogP contribution in [-0.2, 0) is 26.3 Å². The molecule has 0 bridgehead atoms. The second-order valence-corrected chi connectivity index (χ2v) is 5.96. The number of fused-ring (bicyclic) bond motifs is 2. The summed E-state index contributed by atoms with van der Waals surface area (Å²) in [7, 11) is 2.01. The number of nitrogens with one attached hydrogen (secondary N) is 2. The van der Waals surface area contributed by atoms with Gasteiger partial charge in [0.1, 0.15) is 5.82 Å². The summed E-state index contributed by atoms with van der Waals surface area (Å²) in [5, 5.41) is 10.1. The summed E-state index contributed by atoms with van der Waals surface area (Å²) in [6.07, 6.45) is 3.74. The van der Waals surface area contributed by atoms with Gasteiger partial charge in [-0.25, -0.2) is 4.98 Å². The minimum atomic E-state index is -0.0943. The molecule has 118 valence electrons. The first kappa shape index (κ1) is 14.0. The molecule has 0 saturated carbocycles. The molecule has 0 spiro atoms. The Morgan fingerprint density at radius 2 is 2.22 bits per heavy atom. The number of hydrogen-bond donors (Lipinski definition) is 2. The van der Waals surface area contributed by atoms with E-state index in [9.17, 15) is 4.79 Å². The van der Waals surface area contributed by atoms with E-state index in [0.717, 1.165) is 47.4 Å². The molecule has 0 aliphatic heterocycles. The van der Waals surface area contributed by atoms with E-state index in [1.165, 1.54) is 0 Å². The van der Waals surface area contributed by atoms with E-state index in [2.05, 4.69) is 31.1 Å². The molecule has 0 fully saturated rings. The largest absolute Gasteiger partial charge is 0.350 e. The highest BCUT2D eigenvalue weighted by atomic mass is 16.1. The number of rotatable bonds is 4. The number of carbonyl (C=O) groups is 1. The molecule has 4 rings (SSSR count). The number of H-pyrrole nitrogens is 1. The molecular formula is C17H19N5O. The maximum Gasteiger partial charge on any atom is 0.272 e. The smallest absolute Gasteiger partial charge is 0.272 e. The Labute approximate surface area is 133 Å². The third kappa shape index (κ3) is 2.40. The molecule has 2 aromatic heterocycles. The van der Waals surface area contributed by atoms with E-state index in [4.69, 9.17) is 0 Å². The standard InChI is InChI=1S/C17H19N5O/c1-22-14-8-3-2-6-13(14)19-15(22)9-10-18-17(23)16-11-5-4-7-12(11)20-21-16/h2-3,6,8H,4-5,7,9-10H2,1H3,(H,18,23)(H,20,21). The molecule has 3 aromatic rings. The maximum absolute atomic E-state index is 12.3. The summed E-state index contributed by atoms with van der Waals surface area (Å²) < 4.78 is 2.08. The average molecular weight is 309 g/mol. The van der Waals surface area contributed by atoms with Crippen molar-refractivity contribution >= 4 is 16.9 Å². The number of para-hydroxylation sites is 2. The van der Waals surface area contributed by atoms with Gasteiger partial charge in [0.05, 0.1) is 11.0 Å². The number of amides is 1. The number of imidazole rings is 1. The molecule has 2 heterocycles. The lowest BCUT2D eigenvalue weighted by Gasteiger charge is -2.05. The number of hydrogen-bond acceptors (Lipinski definition) is 3. The monoisotopic (exact) mass is 309 g/mol. The van der Waals surface area contributed by atoms with E-state index >= 15 is 0 Å². The quantitative estimate of drug-likeness (QED) is 0.771. The molecule has 1 amide bonds. The van der Waals surface area contributed by atoms with E-state index in [0.29, 0.717) is 18.7 Å². The third-order valence-corrected chi connectivity index (χ3v) is 4.54. The van der Waals surface area contributed by atoms with Crippen LogP contribution in [0.2, 0.25) is 0 Å². The zero-order valence-corrected chi connectivity index (χ0v) is 13.1. The van der Waals surface area contributed by atoms with Crippen LogP contribution in [0.1, 0.15) is 34.0 Å². The van der Waals surface area contributed by atoms with Gasteiger partial charge in [-0.05, 0) is 31.4 Å². The van der Waals surface area contributed by atoms with E-state index < -0.39 is 0 Å². The van der Waals surface area contributed by atoms with Gasteiger partial charge in [-0.3, -0.25) is 9.89 Å². The SMILES string of the molecule is Cn1c(CCNC(=O)c2n[nH]c3c2CCC3)nc2ccccc21. The van der Waals surface area contributed by atoms with Gasteiger partial charge in [0, 0.05) is 31.3 Å². The van der Waals surface area contributed by atoms with Crippen LogP contribution in [0.15, 0.2) is 24.3 Å². The number of nitrogens with zero attached hydrogens (tertiary/aromatic N) is 3. The Balaban J connectivity index is 1.43. The van der Waals surface area contributed by atoms with Crippen LogP contribution >= 0.6 is 0 Å². The Morgan fingerprint density at radius 3 is 3.09 bits per heavy atom. The molecule has 1 aliphatic rings. The fourth-order valence-corrected chi connectivity index (χ4v) is 3.30. The number of aryl methyl sites for hydroxylation is 2. The number of carbonyl (C=O) groups excluding carboxylic acids is 1. The van der Waals surface area contributed by atoms with Gasteiger partial charge < -0.3 is 9.88 Å². The normalized spacial score (nSPS) is 13.4. The van der Waals surface area contributed by atoms with Gasteiger partial charge in [0.25, 0.3) is 5.91 Å². The highest BCUT2D eigenvalue weighted by Crippen LogP contribution is 2.22. The van der Waals surface area contributed by atoms with Crippen LogP contribution in [0.3, 0.4) is 0 Å². The van der Waals surface area contributed by atoms with Gasteiger partial charge >= 0.3 is 0 Å². The maximum atomic E-state index is 12.3. The molecule has 6 heteroatoms. The second-order valence-electron chi connectivity index (χ2n) is 5.96. The zero-order chi connectivity index (χ0) is 15.8. The van der Waals surface area contributed by atoms with Crippen LogP contribution in [0.5, 0.6) is 0 Å². The van der Waals surface area contributed by atoms with E-state index in [1.54, 1.807) is 0 Å². The average Bonchev–Trinajstić information content (AvgIpc) is 3.23. The summed E-state index contributed by atoms with van der Waals surface area (Å²) in [6.45, 7) is 0.553. The van der Waals surface area contributed by atoms with Crippen molar-refractivity contribution < 1.29 is 4.79 Å². The molecule has 0 atom stereocenters. The summed E-state index contributed by atoms with van der Waals surface area (Å²) in [6, 6.07) is 8.05. The number of aromatic amines is 1. The highest BCUT2D eigenvalue weighted by Gasteiger charge is 2.22. The van der Waals surface area contributed by atoms with Crippen LogP contribution in [0, 0.1) is 0 Å². The Morgan fingerprint density at radius 1 is 1.35 bits per heavy atom. The van der Waals surface area contributed by atoms with Crippen molar-refractivity contribution in [3.63, 3.8) is 0 Å². The van der Waals surface area contributed by atoms with Crippen molar-refractivity contribution in [2.75, 3.05) is 6.54 Å². The van der Waals surface area contributed by atoms with Crippen LogP contribution < -0.4 is 5.32 Å². The summed E-state index contributed by atoms with van der Waals surface area (Å²) in [5.41, 5.74) is 4.86. The first-order chi connectivity index (χ1) is 11.2. The molecule has 6 nitrogen and oxygen atoms in total. The lowest BCUT2D eigenvalue weighted by molar-refractivity contribution is 0.0948. The molecule has 0 saturated heterocycles. The number of benzene rings is 1. The van der Waals surface area contributed by atoms with E-state index in [1.807, 2.05) is 25.2 Å². The molecule has 0 radical (unpaired) electrons. The molecule has 0 unspecified atom stereocenters. The van der Waals surface area contributed by atoms with Crippen LogP contribution in [0.25, 0.3) is 11.0 Å². The first-order valence-electron chi connectivity index (χ1n) is 7.98. The van der Waals surface area contributed by atoms with Crippen molar-refractivity contribution in [3.05, 3.63) is 47.0 Å². The highest BCUT2D eigenvalue weighted by molar-refractivity contribution is 5.94. The van der Waals surface area contributed by atoms with Gasteiger partial charge in [0.15, 0.2) is 5.69 Å². The Bertz CT molecular complexity index is 876. The van der Waals surface area contributed by atoms with Crippen molar-refractivity contribution in [1.29, 1.82) is 0 Å². The van der Waals surface area contributed by atoms with Crippen LogP contribution in [0.4, 0.5) is 0 Å². The molecule has 23 heavy (non-hydrogen) atoms. The lowest BCUT2D eigenvalue weighted by Crippen LogP contribution is -2.27. The first-order valence-corrected chi connectivity index (χ1v) is 7.98. The van der Waals surface area contributed by atoms with E-state index in [-0.39, 0.29) is 5.91 Å². The molecule has 1 aliphatic carbocycles. The molecular weight excluding hydrogens is 290 g/mol. The predicted octanol–water partition coefficient (Wildman–Crippen LogP) is 1.76. The van der Waals surface area contributed by atoms with Gasteiger partial charge in [-0.1, -0.05) is 12.1 Å². The van der Waals surface area contributed by atoms with Gasteiger partial charge in [-0.2, -0.15) is 5.10 Å². The summed E-state index contributed by atoms with van der Waals surface area (Å²) in [5.74, 6) is 0.877. The van der Waals surface area contributed by atoms with Crippen molar-refractivity contribution in [1.82, 2.24) is 25.1 Å². The molecule has 2 N–H and O–H groups in total. The Hall–Kier alpha value is -2.63. The van der Waals surface area contributed by atoms with Gasteiger partial charge in [-0.15, -0.1) is 0 Å². The van der Waals surface area contributed by atoms with Crippen LogP contribution in [-0.4, -0.2) is 32.2 Å². The fraction of sp³-hybridized carbons (Fsp3) is 0.353. The minimum Gasteiger partial charge on any atom is -0.350 e. The minimum absolute atomic E-state index is 0.0943. The zero-order valence-electron chi connectivity index (χ0n) is 13.1. The third-order valence-electron chi connectivity index (χ3n) is 4.54. The summed E-state index contributed by atoms with van der Waals surface area (Å²) >= 11 is 0. The fourth-order valence-electron chi connectivity index (χ4n) is 3.30. The topological polar surface area (TPSA) is 75.6 Å². The van der Waals surface area contributed by atoms with Crippen molar-refractivity contribution in [2.24, 2.45) is 7.05 Å². The van der Waals surface area contributed by atoms with Gasteiger partial charge in [0.2, 0.25) is 0 Å². The lowest BCUT2D eigenvalue weighted by atomic mass is 10.2. The van der Waals surface area contributed by atoms with Crippen molar-refractivity contribution in [3.8, 4) is 0 Å². The van der Waals surface area contributed by atoms with Crippen molar-refractivity contribution in [2.45, 2.75) is 25.7 Å².